The van der Waals surface area contributed by atoms with Gasteiger partial charge in [-0.1, -0.05) is 37.0 Å². The van der Waals surface area contributed by atoms with E-state index in [0.717, 1.165) is 37.1 Å². The highest BCUT2D eigenvalue weighted by atomic mass is 35.5. The molecule has 2 saturated heterocycles. The fourth-order valence-corrected chi connectivity index (χ4v) is 7.76. The Bertz CT molecular complexity index is 1760. The summed E-state index contributed by atoms with van der Waals surface area (Å²) in [7, 11) is 2.12. The van der Waals surface area contributed by atoms with Crippen LogP contribution >= 0.6 is 23.2 Å². The molecule has 0 aliphatic carbocycles. The lowest BCUT2D eigenvalue weighted by Gasteiger charge is -2.48. The Balaban J connectivity index is 1.13. The van der Waals surface area contributed by atoms with E-state index in [1.165, 1.54) is 18.5 Å². The van der Waals surface area contributed by atoms with Crippen molar-refractivity contribution in [1.82, 2.24) is 39.8 Å². The highest BCUT2D eigenvalue weighted by Gasteiger charge is 2.37. The second-order valence-corrected chi connectivity index (χ2v) is 13.6. The molecule has 4 aromatic rings. The average Bonchev–Trinajstić information content (AvgIpc) is 3.52. The molecule has 2 unspecified atom stereocenters. The molecule has 2 aliphatic rings. The number of carbonyl (C=O) groups is 1. The van der Waals surface area contributed by atoms with Crippen molar-refractivity contribution in [3.8, 4) is 17.0 Å². The number of anilines is 1. The maximum atomic E-state index is 15.7. The van der Waals surface area contributed by atoms with Crippen LogP contribution in [0.2, 0.25) is 10.0 Å². The zero-order valence-electron chi connectivity index (χ0n) is 28.7. The van der Waals surface area contributed by atoms with Gasteiger partial charge in [-0.2, -0.15) is 5.10 Å². The van der Waals surface area contributed by atoms with Gasteiger partial charge in [-0.25, -0.2) is 14.2 Å². The Kier molecular flexibility index (Phi) is 10.8. The number of carbonyl (C=O) groups excluding carboxylic acids is 1. The highest BCUT2D eigenvalue weighted by Crippen LogP contribution is 2.35. The molecule has 3 atom stereocenters. The minimum Gasteiger partial charge on any atom is -0.486 e. The first-order valence-electron chi connectivity index (χ1n) is 16.9. The van der Waals surface area contributed by atoms with Crippen molar-refractivity contribution in [3.05, 3.63) is 64.3 Å². The van der Waals surface area contributed by atoms with Crippen molar-refractivity contribution in [2.45, 2.75) is 45.9 Å². The number of ether oxygens (including phenoxy) is 1. The zero-order chi connectivity index (χ0) is 34.8. The summed E-state index contributed by atoms with van der Waals surface area (Å²) in [6, 6.07) is 7.42. The number of aromatic amines is 1. The number of H-pyrrole nitrogens is 1. The van der Waals surface area contributed by atoms with E-state index in [1.54, 1.807) is 6.20 Å². The lowest BCUT2D eigenvalue weighted by molar-refractivity contribution is 0.0395. The molecule has 5 heterocycles. The van der Waals surface area contributed by atoms with Crippen LogP contribution < -0.4 is 9.64 Å². The molecule has 2 amide bonds. The molecule has 49 heavy (non-hydrogen) atoms. The van der Waals surface area contributed by atoms with Crippen LogP contribution in [0.1, 0.15) is 39.4 Å². The summed E-state index contributed by atoms with van der Waals surface area (Å²) in [5, 5.41) is 9.09. The van der Waals surface area contributed by atoms with Gasteiger partial charge in [0.05, 0.1) is 21.6 Å². The standard InChI is InChI=1S/C35H44Cl2FN9O2/c1-6-44(7-2)22(3)31-21-43(5)10-15-47(31)35(48)46-13-11-45(12-14-46)34-29(38)16-24(18-40-34)33-26-17-25(8-9-30(26)41-42-33)49-23(4)32-27(36)19-39-20-28(32)37/h8-9,16-20,22-23,31H,6-7,10-15,21H2,1-5H3,(H,41,42)/t22?,23-,31?/m1/s1. The van der Waals surface area contributed by atoms with Gasteiger partial charge in [0, 0.05) is 87.0 Å². The Labute approximate surface area is 296 Å². The van der Waals surface area contributed by atoms with E-state index in [0.29, 0.717) is 65.3 Å². The van der Waals surface area contributed by atoms with Crippen LogP contribution in [0, 0.1) is 5.82 Å². The number of nitrogens with one attached hydrogen (secondary N) is 1. The first kappa shape index (κ1) is 35.1. The monoisotopic (exact) mass is 711 g/mol. The van der Waals surface area contributed by atoms with Gasteiger partial charge in [0.15, 0.2) is 11.6 Å². The van der Waals surface area contributed by atoms with Gasteiger partial charge in [-0.05, 0) is 58.3 Å². The number of hydrogen-bond donors (Lipinski definition) is 1. The minimum atomic E-state index is -0.441. The summed E-state index contributed by atoms with van der Waals surface area (Å²) in [5.41, 5.74) is 2.51. The Hall–Kier alpha value is -3.71. The number of likely N-dealkylation sites (N-methyl/N-ethyl adjacent to an activating group) is 2. The molecule has 1 aromatic carbocycles. The topological polar surface area (TPSA) is 97.0 Å². The second-order valence-electron chi connectivity index (χ2n) is 12.8. The van der Waals surface area contributed by atoms with Crippen molar-refractivity contribution in [2.24, 2.45) is 0 Å². The third-order valence-electron chi connectivity index (χ3n) is 9.90. The van der Waals surface area contributed by atoms with Crippen LogP contribution in [0.3, 0.4) is 0 Å². The molecule has 0 bridgehead atoms. The quantitative estimate of drug-likeness (QED) is 0.220. The number of benzene rings is 1. The Morgan fingerprint density at radius 1 is 1.04 bits per heavy atom. The number of fused-ring (bicyclic) bond motifs is 1. The summed E-state index contributed by atoms with van der Waals surface area (Å²) in [5.74, 6) is 0.408. The number of aromatic nitrogens is 4. The minimum absolute atomic E-state index is 0.0654. The molecule has 6 rings (SSSR count). The van der Waals surface area contributed by atoms with Crippen molar-refractivity contribution in [2.75, 3.05) is 70.9 Å². The van der Waals surface area contributed by atoms with E-state index in [-0.39, 0.29) is 23.9 Å². The van der Waals surface area contributed by atoms with Crippen molar-refractivity contribution in [3.63, 3.8) is 0 Å². The smallest absolute Gasteiger partial charge is 0.320 e. The maximum absolute atomic E-state index is 15.7. The predicted molar refractivity (Wildman–Crippen MR) is 192 cm³/mol. The average molecular weight is 713 g/mol. The van der Waals surface area contributed by atoms with E-state index < -0.39 is 11.9 Å². The molecule has 14 heteroatoms. The van der Waals surface area contributed by atoms with Crippen LogP contribution in [0.15, 0.2) is 42.9 Å². The number of hydrogen-bond acceptors (Lipinski definition) is 8. The SMILES string of the molecule is CCN(CC)C(C)C1CN(C)CCN1C(=O)N1CCN(c2ncc(-c3n[nH]c4ccc(O[C@H](C)c5c(Cl)cncc5Cl)cc34)cc2F)CC1. The van der Waals surface area contributed by atoms with Crippen molar-refractivity contribution in [1.29, 1.82) is 0 Å². The van der Waals surface area contributed by atoms with Crippen LogP contribution in [-0.2, 0) is 0 Å². The fraction of sp³-hybridized carbons (Fsp3) is 0.486. The lowest BCUT2D eigenvalue weighted by Crippen LogP contribution is -2.64. The molecular weight excluding hydrogens is 668 g/mol. The second kappa shape index (κ2) is 15.0. The molecule has 2 aliphatic heterocycles. The highest BCUT2D eigenvalue weighted by molar-refractivity contribution is 6.35. The third kappa shape index (κ3) is 7.28. The first-order valence-corrected chi connectivity index (χ1v) is 17.7. The lowest BCUT2D eigenvalue weighted by atomic mass is 10.0. The number of piperazine rings is 2. The predicted octanol–water partition coefficient (Wildman–Crippen LogP) is 6.19. The number of urea groups is 1. The molecule has 0 saturated carbocycles. The van der Waals surface area contributed by atoms with E-state index in [9.17, 15) is 4.79 Å². The number of nitrogens with zero attached hydrogens (tertiary/aromatic N) is 8. The van der Waals surface area contributed by atoms with Crippen LogP contribution in [-0.4, -0.2) is 124 Å². The summed E-state index contributed by atoms with van der Waals surface area (Å²) in [4.78, 5) is 33.0. The van der Waals surface area contributed by atoms with Gasteiger partial charge in [0.25, 0.3) is 0 Å². The van der Waals surface area contributed by atoms with Crippen molar-refractivity contribution < 1.29 is 13.9 Å². The van der Waals surface area contributed by atoms with Crippen molar-refractivity contribution >= 4 is 46.0 Å². The summed E-state index contributed by atoms with van der Waals surface area (Å²) >= 11 is 12.7. The number of pyridine rings is 2. The molecule has 262 valence electrons. The van der Waals surface area contributed by atoms with E-state index in [1.807, 2.05) is 34.9 Å². The van der Waals surface area contributed by atoms with Crippen LogP contribution in [0.25, 0.3) is 22.2 Å². The van der Waals surface area contributed by atoms with Gasteiger partial charge in [-0.3, -0.25) is 15.0 Å². The Morgan fingerprint density at radius 2 is 1.76 bits per heavy atom. The molecule has 1 N–H and O–H groups in total. The normalized spacial score (nSPS) is 18.7. The van der Waals surface area contributed by atoms with Crippen LogP contribution in [0.4, 0.5) is 15.0 Å². The Morgan fingerprint density at radius 3 is 2.43 bits per heavy atom. The van der Waals surface area contributed by atoms with E-state index in [4.69, 9.17) is 27.9 Å². The molecule has 11 nitrogen and oxygen atoms in total. The maximum Gasteiger partial charge on any atom is 0.320 e. The molecule has 0 radical (unpaired) electrons. The summed E-state index contributed by atoms with van der Waals surface area (Å²) in [6.45, 7) is 14.7. The zero-order valence-corrected chi connectivity index (χ0v) is 30.2. The van der Waals surface area contributed by atoms with E-state index >= 15 is 4.39 Å². The third-order valence-corrected chi connectivity index (χ3v) is 10.5. The molecule has 0 spiro atoms. The molecular formula is C35H44Cl2FN9O2. The number of amides is 2. The van der Waals surface area contributed by atoms with Gasteiger partial charge in [0.1, 0.15) is 17.5 Å². The molecule has 3 aromatic heterocycles. The van der Waals surface area contributed by atoms with Gasteiger partial charge in [0.2, 0.25) is 0 Å². The summed E-state index contributed by atoms with van der Waals surface area (Å²) in [6.07, 6.45) is 4.26. The fourth-order valence-electron chi connectivity index (χ4n) is 7.09. The number of halogens is 3. The largest absolute Gasteiger partial charge is 0.486 e. The first-order chi connectivity index (χ1) is 23.6. The van der Waals surface area contributed by atoms with Crippen LogP contribution in [0.5, 0.6) is 5.75 Å². The summed E-state index contributed by atoms with van der Waals surface area (Å²) < 4.78 is 21.9. The van der Waals surface area contributed by atoms with Gasteiger partial charge < -0.3 is 24.3 Å². The van der Waals surface area contributed by atoms with Gasteiger partial charge in [-0.15, -0.1) is 0 Å². The molecule has 2 fully saturated rings. The van der Waals surface area contributed by atoms with Gasteiger partial charge >= 0.3 is 6.03 Å². The van der Waals surface area contributed by atoms with E-state index in [2.05, 4.69) is 62.7 Å². The number of rotatable bonds is 9.